The predicted molar refractivity (Wildman–Crippen MR) is 98.0 cm³/mol. The molecule has 0 aliphatic carbocycles. The van der Waals surface area contributed by atoms with Crippen molar-refractivity contribution in [2.24, 2.45) is 0 Å². The number of aliphatic hydroxyl groups is 1. The molecule has 0 saturated carbocycles. The summed E-state index contributed by atoms with van der Waals surface area (Å²) in [5.74, 6) is 1.34. The maximum atomic E-state index is 10.2. The first-order valence-electron chi connectivity index (χ1n) is 8.29. The first kappa shape index (κ1) is 15.5. The largest absolute Gasteiger partial charge is 0.388 e. The van der Waals surface area contributed by atoms with E-state index in [-0.39, 0.29) is 0 Å². The lowest BCUT2D eigenvalue weighted by Gasteiger charge is -2.21. The third-order valence-corrected chi connectivity index (χ3v) is 4.49. The fraction of sp³-hybridized carbons (Fsp3) is 0.211. The van der Waals surface area contributed by atoms with Crippen molar-refractivity contribution in [1.29, 1.82) is 0 Å². The van der Waals surface area contributed by atoms with Crippen molar-refractivity contribution >= 4 is 28.2 Å². The van der Waals surface area contributed by atoms with Gasteiger partial charge in [0.25, 0.3) is 5.78 Å². The van der Waals surface area contributed by atoms with Gasteiger partial charge >= 0.3 is 0 Å². The first-order chi connectivity index (χ1) is 12.2. The maximum absolute atomic E-state index is 10.2. The van der Waals surface area contributed by atoms with E-state index in [1.54, 1.807) is 6.33 Å². The van der Waals surface area contributed by atoms with Gasteiger partial charge in [-0.05, 0) is 36.2 Å². The quantitative estimate of drug-likeness (QED) is 0.619. The number of fused-ring (bicyclic) bond motifs is 3. The van der Waals surface area contributed by atoms with Crippen LogP contribution < -0.4 is 4.90 Å². The number of nitrogens with zero attached hydrogens (tertiary/aromatic N) is 5. The molecule has 0 aliphatic heterocycles. The van der Waals surface area contributed by atoms with Gasteiger partial charge in [-0.3, -0.25) is 4.40 Å². The molecule has 0 aliphatic rings. The fourth-order valence-electron chi connectivity index (χ4n) is 3.04. The third-order valence-electron chi connectivity index (χ3n) is 4.49. The average Bonchev–Trinajstić information content (AvgIpc) is 3.15. The lowest BCUT2D eigenvalue weighted by molar-refractivity contribution is 0.174. The van der Waals surface area contributed by atoms with E-state index in [0.29, 0.717) is 12.2 Å². The van der Waals surface area contributed by atoms with Crippen LogP contribution in [0.4, 0.5) is 11.5 Å². The number of hydrogen-bond acceptors (Lipinski definition) is 5. The van der Waals surface area contributed by atoms with Gasteiger partial charge in [0.2, 0.25) is 0 Å². The van der Waals surface area contributed by atoms with Gasteiger partial charge in [0.15, 0.2) is 0 Å². The van der Waals surface area contributed by atoms with Crippen LogP contribution in [0.2, 0.25) is 0 Å². The van der Waals surface area contributed by atoms with Crippen LogP contribution in [0.5, 0.6) is 0 Å². The summed E-state index contributed by atoms with van der Waals surface area (Å²) in [6.45, 7) is 1.96. The molecule has 1 atom stereocenters. The fourth-order valence-corrected chi connectivity index (χ4v) is 3.04. The minimum atomic E-state index is -0.487. The van der Waals surface area contributed by atoms with E-state index in [1.165, 1.54) is 0 Å². The van der Waals surface area contributed by atoms with Gasteiger partial charge in [-0.25, -0.2) is 0 Å². The Labute approximate surface area is 145 Å². The molecule has 25 heavy (non-hydrogen) atoms. The second-order valence-electron chi connectivity index (χ2n) is 6.03. The summed E-state index contributed by atoms with van der Waals surface area (Å²) in [6, 6.07) is 16.0. The van der Waals surface area contributed by atoms with Crippen molar-refractivity contribution in [3.05, 3.63) is 60.4 Å². The Morgan fingerprint density at radius 2 is 1.96 bits per heavy atom. The summed E-state index contributed by atoms with van der Waals surface area (Å²) in [7, 11) is 1.98. The zero-order valence-electron chi connectivity index (χ0n) is 14.2. The summed E-state index contributed by atoms with van der Waals surface area (Å²) in [5.41, 5.74) is 2.85. The van der Waals surface area contributed by atoms with E-state index in [1.807, 2.05) is 71.8 Å². The highest BCUT2D eigenvalue weighted by Gasteiger charge is 2.16. The number of aromatic nitrogens is 4. The van der Waals surface area contributed by atoms with E-state index in [4.69, 9.17) is 0 Å². The summed E-state index contributed by atoms with van der Waals surface area (Å²) >= 11 is 0. The number of anilines is 2. The van der Waals surface area contributed by atoms with Gasteiger partial charge in [-0.15, -0.1) is 10.2 Å². The van der Waals surface area contributed by atoms with Gasteiger partial charge in [0.1, 0.15) is 12.1 Å². The number of aliphatic hydroxyl groups excluding tert-OH is 1. The molecule has 0 spiro atoms. The van der Waals surface area contributed by atoms with Gasteiger partial charge in [-0.2, -0.15) is 4.98 Å². The predicted octanol–water partition coefficient (Wildman–Crippen LogP) is 3.49. The van der Waals surface area contributed by atoms with Gasteiger partial charge < -0.3 is 10.0 Å². The van der Waals surface area contributed by atoms with Crippen molar-refractivity contribution in [2.45, 2.75) is 19.4 Å². The van der Waals surface area contributed by atoms with Crippen molar-refractivity contribution in [3.63, 3.8) is 0 Å². The van der Waals surface area contributed by atoms with Crippen LogP contribution in [0.25, 0.3) is 16.7 Å². The van der Waals surface area contributed by atoms with Crippen LogP contribution in [0.3, 0.4) is 0 Å². The van der Waals surface area contributed by atoms with Crippen LogP contribution in [-0.2, 0) is 0 Å². The Bertz CT molecular complexity index is 1030. The van der Waals surface area contributed by atoms with Gasteiger partial charge in [0, 0.05) is 18.1 Å². The van der Waals surface area contributed by atoms with E-state index >= 15 is 0 Å². The van der Waals surface area contributed by atoms with Crippen molar-refractivity contribution in [1.82, 2.24) is 19.6 Å². The zero-order chi connectivity index (χ0) is 17.4. The Balaban J connectivity index is 1.97. The molecule has 2 aromatic carbocycles. The molecule has 2 heterocycles. The molecule has 0 amide bonds. The SMILES string of the molecule is CCC(O)c1ccc2c(N(C)c3ccccc3)nc3nncn3c2c1. The van der Waals surface area contributed by atoms with E-state index in [0.717, 1.165) is 28.0 Å². The second kappa shape index (κ2) is 6.14. The number of hydrogen-bond donors (Lipinski definition) is 1. The Kier molecular flexibility index (Phi) is 3.82. The average molecular weight is 333 g/mol. The molecule has 4 aromatic rings. The lowest BCUT2D eigenvalue weighted by Crippen LogP contribution is -2.13. The molecule has 6 heteroatoms. The molecule has 0 saturated heterocycles. The first-order valence-corrected chi connectivity index (χ1v) is 8.29. The van der Waals surface area contributed by atoms with Crippen LogP contribution in [0.15, 0.2) is 54.9 Å². The second-order valence-corrected chi connectivity index (χ2v) is 6.03. The molecule has 1 N–H and O–H groups in total. The number of para-hydroxylation sites is 1. The molecule has 126 valence electrons. The molecule has 4 rings (SSSR count). The van der Waals surface area contributed by atoms with E-state index in [2.05, 4.69) is 15.2 Å². The van der Waals surface area contributed by atoms with Gasteiger partial charge in [-0.1, -0.05) is 31.2 Å². The summed E-state index contributed by atoms with van der Waals surface area (Å²) in [5, 5.41) is 19.3. The number of rotatable bonds is 4. The lowest BCUT2D eigenvalue weighted by atomic mass is 10.0. The Morgan fingerprint density at radius 3 is 2.72 bits per heavy atom. The zero-order valence-corrected chi connectivity index (χ0v) is 14.2. The maximum Gasteiger partial charge on any atom is 0.257 e. The van der Waals surface area contributed by atoms with E-state index < -0.39 is 6.10 Å². The van der Waals surface area contributed by atoms with Crippen molar-refractivity contribution < 1.29 is 5.11 Å². The molecule has 0 radical (unpaired) electrons. The van der Waals surface area contributed by atoms with Crippen LogP contribution in [0.1, 0.15) is 25.0 Å². The minimum absolute atomic E-state index is 0.487. The van der Waals surface area contributed by atoms with E-state index in [9.17, 15) is 5.11 Å². The monoisotopic (exact) mass is 333 g/mol. The van der Waals surface area contributed by atoms with Crippen LogP contribution in [0, 0.1) is 0 Å². The Hall–Kier alpha value is -2.99. The highest BCUT2D eigenvalue weighted by molar-refractivity contribution is 5.93. The highest BCUT2D eigenvalue weighted by atomic mass is 16.3. The topological polar surface area (TPSA) is 66.5 Å². The molecule has 6 nitrogen and oxygen atoms in total. The molecular formula is C19H19N5O. The molecule has 0 fully saturated rings. The number of benzene rings is 2. The normalized spacial score (nSPS) is 12.6. The molecular weight excluding hydrogens is 314 g/mol. The standard InChI is InChI=1S/C19H19N5O/c1-3-17(25)13-9-10-15-16(11-13)24-12-20-22-19(24)21-18(15)23(2)14-7-5-4-6-8-14/h4-12,17,25H,3H2,1-2H3. The Morgan fingerprint density at radius 1 is 1.16 bits per heavy atom. The summed E-state index contributed by atoms with van der Waals surface area (Å²) < 4.78 is 1.85. The third kappa shape index (κ3) is 2.60. The van der Waals surface area contributed by atoms with Crippen molar-refractivity contribution in [2.75, 3.05) is 11.9 Å². The van der Waals surface area contributed by atoms with Crippen molar-refractivity contribution in [3.8, 4) is 0 Å². The molecule has 1 unspecified atom stereocenters. The summed E-state index contributed by atoms with van der Waals surface area (Å²) in [6.07, 6.45) is 1.83. The minimum Gasteiger partial charge on any atom is -0.388 e. The highest BCUT2D eigenvalue weighted by Crippen LogP contribution is 2.31. The van der Waals surface area contributed by atoms with Crippen LogP contribution >= 0.6 is 0 Å². The summed E-state index contributed by atoms with van der Waals surface area (Å²) in [4.78, 5) is 6.72. The van der Waals surface area contributed by atoms with Gasteiger partial charge in [0.05, 0.1) is 11.6 Å². The smallest absolute Gasteiger partial charge is 0.257 e. The molecule has 2 aromatic heterocycles. The van der Waals surface area contributed by atoms with Crippen LogP contribution in [-0.4, -0.2) is 31.7 Å². The molecule has 0 bridgehead atoms.